The number of aromatic carboxylic acids is 1. The number of carboxylic acid groups (broad SMARTS) is 1. The van der Waals surface area contributed by atoms with Crippen molar-refractivity contribution in [1.82, 2.24) is 14.6 Å². The molecule has 2 aromatic heterocycles. The molecule has 1 N–H and O–H groups in total. The molecule has 2 heterocycles. The first-order chi connectivity index (χ1) is 8.75. The van der Waals surface area contributed by atoms with Gasteiger partial charge in [-0.1, -0.05) is 19.3 Å². The molecule has 0 amide bonds. The van der Waals surface area contributed by atoms with Gasteiger partial charge < -0.3 is 5.11 Å². The number of fused-ring (bicyclic) bond motifs is 1. The smallest absolute Gasteiger partial charge is 0.356 e. The normalized spacial score (nSPS) is 17.1. The van der Waals surface area contributed by atoms with Crippen LogP contribution in [0.5, 0.6) is 0 Å². The average molecular weight is 245 g/mol. The lowest BCUT2D eigenvalue weighted by Crippen LogP contribution is -2.11. The van der Waals surface area contributed by atoms with Crippen LogP contribution in [0.4, 0.5) is 0 Å². The van der Waals surface area contributed by atoms with E-state index in [9.17, 15) is 4.79 Å². The van der Waals surface area contributed by atoms with Crippen LogP contribution in [0.2, 0.25) is 0 Å². The van der Waals surface area contributed by atoms with Crippen LogP contribution in [0.15, 0.2) is 18.3 Å². The number of carbonyl (C=O) groups is 1. The van der Waals surface area contributed by atoms with Crippen molar-refractivity contribution in [2.45, 2.75) is 38.0 Å². The molecule has 0 atom stereocenters. The summed E-state index contributed by atoms with van der Waals surface area (Å²) >= 11 is 0. The number of rotatable bonds is 2. The Kier molecular flexibility index (Phi) is 2.74. The lowest BCUT2D eigenvalue weighted by Gasteiger charge is -2.20. The van der Waals surface area contributed by atoms with E-state index in [-0.39, 0.29) is 5.69 Å². The highest BCUT2D eigenvalue weighted by atomic mass is 16.4. The summed E-state index contributed by atoms with van der Waals surface area (Å²) in [5.74, 6) is -0.525. The first kappa shape index (κ1) is 11.2. The maximum atomic E-state index is 11.1. The van der Waals surface area contributed by atoms with Crippen LogP contribution in [0, 0.1) is 0 Å². The van der Waals surface area contributed by atoms with E-state index >= 15 is 0 Å². The van der Waals surface area contributed by atoms with Crippen LogP contribution in [0.25, 0.3) is 5.65 Å². The lowest BCUT2D eigenvalue weighted by molar-refractivity contribution is 0.0688. The van der Waals surface area contributed by atoms with Gasteiger partial charge in [0.15, 0.2) is 11.3 Å². The molecule has 0 spiro atoms. The van der Waals surface area contributed by atoms with Crippen LogP contribution in [-0.2, 0) is 0 Å². The van der Waals surface area contributed by atoms with Crippen molar-refractivity contribution in [3.8, 4) is 0 Å². The van der Waals surface area contributed by atoms with Gasteiger partial charge in [0.1, 0.15) is 0 Å². The second kappa shape index (κ2) is 4.40. The summed E-state index contributed by atoms with van der Waals surface area (Å²) in [5, 5.41) is 13.5. The Bertz CT molecular complexity index is 585. The van der Waals surface area contributed by atoms with Gasteiger partial charge in [-0.3, -0.25) is 0 Å². The number of hydrogen-bond acceptors (Lipinski definition) is 3. The van der Waals surface area contributed by atoms with Crippen molar-refractivity contribution < 1.29 is 9.90 Å². The predicted octanol–water partition coefficient (Wildman–Crippen LogP) is 2.48. The topological polar surface area (TPSA) is 67.5 Å². The molecular formula is C13H15N3O2. The molecule has 94 valence electrons. The first-order valence-electron chi connectivity index (χ1n) is 6.33. The lowest BCUT2D eigenvalue weighted by atomic mass is 9.87. The van der Waals surface area contributed by atoms with Crippen molar-refractivity contribution in [1.29, 1.82) is 0 Å². The van der Waals surface area contributed by atoms with Gasteiger partial charge in [0, 0.05) is 5.92 Å². The summed E-state index contributed by atoms with van der Waals surface area (Å²) in [4.78, 5) is 15.1. The minimum Gasteiger partial charge on any atom is -0.476 e. The molecule has 1 aliphatic carbocycles. The van der Waals surface area contributed by atoms with Gasteiger partial charge in [-0.05, 0) is 25.0 Å². The molecule has 5 heteroatoms. The van der Waals surface area contributed by atoms with Crippen molar-refractivity contribution in [3.63, 3.8) is 0 Å². The van der Waals surface area contributed by atoms with Gasteiger partial charge in [-0.25, -0.2) is 14.3 Å². The maximum Gasteiger partial charge on any atom is 0.356 e. The maximum absolute atomic E-state index is 11.1. The van der Waals surface area contributed by atoms with Crippen molar-refractivity contribution in [2.75, 3.05) is 0 Å². The Morgan fingerprint density at radius 1 is 1.28 bits per heavy atom. The third-order valence-electron chi connectivity index (χ3n) is 3.63. The molecular weight excluding hydrogens is 230 g/mol. The molecule has 2 aromatic rings. The molecule has 1 saturated carbocycles. The molecule has 0 unspecified atom stereocenters. The molecule has 0 radical (unpaired) electrons. The molecule has 0 bridgehead atoms. The van der Waals surface area contributed by atoms with E-state index in [1.54, 1.807) is 0 Å². The second-order valence-corrected chi connectivity index (χ2v) is 4.81. The number of imidazole rings is 1. The van der Waals surface area contributed by atoms with Gasteiger partial charge in [0.25, 0.3) is 0 Å². The standard InChI is InChI=1S/C13H15N3O2/c17-13(18)11-8-14-12-7-6-10(15-16(11)12)9-4-2-1-3-5-9/h6-9H,1-5H2,(H,17,18). The Morgan fingerprint density at radius 3 is 2.78 bits per heavy atom. The summed E-state index contributed by atoms with van der Waals surface area (Å²) < 4.78 is 1.44. The minimum absolute atomic E-state index is 0.127. The molecule has 0 aliphatic heterocycles. The van der Waals surface area contributed by atoms with E-state index in [1.165, 1.54) is 30.0 Å². The Hall–Kier alpha value is -1.91. The Morgan fingerprint density at radius 2 is 2.06 bits per heavy atom. The fraction of sp³-hybridized carbons (Fsp3) is 0.462. The zero-order valence-corrected chi connectivity index (χ0v) is 10.0. The highest BCUT2D eigenvalue weighted by molar-refractivity contribution is 5.86. The molecule has 18 heavy (non-hydrogen) atoms. The third kappa shape index (κ3) is 1.85. The molecule has 0 aromatic carbocycles. The van der Waals surface area contributed by atoms with E-state index < -0.39 is 5.97 Å². The minimum atomic E-state index is -0.990. The monoisotopic (exact) mass is 245 g/mol. The largest absolute Gasteiger partial charge is 0.476 e. The number of aromatic nitrogens is 3. The summed E-state index contributed by atoms with van der Waals surface area (Å²) in [6.45, 7) is 0. The van der Waals surface area contributed by atoms with Gasteiger partial charge in [-0.2, -0.15) is 5.10 Å². The summed E-state index contributed by atoms with van der Waals surface area (Å²) in [6.07, 6.45) is 7.42. The van der Waals surface area contributed by atoms with Crippen LogP contribution in [0.1, 0.15) is 54.2 Å². The third-order valence-corrected chi connectivity index (χ3v) is 3.63. The average Bonchev–Trinajstić information content (AvgIpc) is 2.82. The quantitative estimate of drug-likeness (QED) is 0.882. The van der Waals surface area contributed by atoms with E-state index in [4.69, 9.17) is 5.11 Å². The van der Waals surface area contributed by atoms with E-state index in [2.05, 4.69) is 10.1 Å². The molecule has 1 aliphatic rings. The Balaban J connectivity index is 2.03. The van der Waals surface area contributed by atoms with Crippen molar-refractivity contribution >= 4 is 11.6 Å². The van der Waals surface area contributed by atoms with Crippen LogP contribution >= 0.6 is 0 Å². The Labute approximate surface area is 104 Å². The van der Waals surface area contributed by atoms with E-state index in [0.29, 0.717) is 11.6 Å². The molecule has 3 rings (SSSR count). The second-order valence-electron chi connectivity index (χ2n) is 4.81. The number of hydrogen-bond donors (Lipinski definition) is 1. The summed E-state index contributed by atoms with van der Waals surface area (Å²) in [5.41, 5.74) is 1.71. The zero-order chi connectivity index (χ0) is 12.5. The molecule has 0 saturated heterocycles. The molecule has 5 nitrogen and oxygen atoms in total. The van der Waals surface area contributed by atoms with E-state index in [1.807, 2.05) is 12.1 Å². The fourth-order valence-corrected chi connectivity index (χ4v) is 2.65. The zero-order valence-electron chi connectivity index (χ0n) is 10.0. The van der Waals surface area contributed by atoms with Crippen molar-refractivity contribution in [2.24, 2.45) is 0 Å². The first-order valence-corrected chi connectivity index (χ1v) is 6.33. The predicted molar refractivity (Wildman–Crippen MR) is 65.8 cm³/mol. The van der Waals surface area contributed by atoms with Crippen LogP contribution in [0.3, 0.4) is 0 Å². The highest BCUT2D eigenvalue weighted by Crippen LogP contribution is 2.31. The van der Waals surface area contributed by atoms with Crippen molar-refractivity contribution in [3.05, 3.63) is 29.7 Å². The summed E-state index contributed by atoms with van der Waals surface area (Å²) in [7, 11) is 0. The molecule has 1 fully saturated rings. The SMILES string of the molecule is O=C(O)c1cnc2ccc(C3CCCCC3)nn12. The van der Waals surface area contributed by atoms with Gasteiger partial charge >= 0.3 is 5.97 Å². The van der Waals surface area contributed by atoms with Gasteiger partial charge in [0.05, 0.1) is 11.9 Å². The van der Waals surface area contributed by atoms with Gasteiger partial charge in [-0.15, -0.1) is 0 Å². The number of nitrogens with zero attached hydrogens (tertiary/aromatic N) is 3. The van der Waals surface area contributed by atoms with E-state index in [0.717, 1.165) is 18.5 Å². The number of carboxylic acids is 1. The highest BCUT2D eigenvalue weighted by Gasteiger charge is 2.19. The summed E-state index contributed by atoms with van der Waals surface area (Å²) in [6, 6.07) is 3.83. The van der Waals surface area contributed by atoms with Gasteiger partial charge in [0.2, 0.25) is 0 Å². The van der Waals surface area contributed by atoms with Crippen LogP contribution in [-0.4, -0.2) is 25.7 Å². The fourth-order valence-electron chi connectivity index (χ4n) is 2.65. The van der Waals surface area contributed by atoms with Crippen LogP contribution < -0.4 is 0 Å².